The molecule has 2 unspecified atom stereocenters. The average molecular weight is 231 g/mol. The van der Waals surface area contributed by atoms with Gasteiger partial charge < -0.3 is 10.4 Å². The van der Waals surface area contributed by atoms with E-state index in [0.717, 1.165) is 19.4 Å². The van der Waals surface area contributed by atoms with Crippen molar-refractivity contribution in [1.82, 2.24) is 5.32 Å². The van der Waals surface area contributed by atoms with Gasteiger partial charge in [0.1, 0.15) is 0 Å². The van der Waals surface area contributed by atoms with Crippen molar-refractivity contribution in [1.29, 1.82) is 0 Å². The van der Waals surface area contributed by atoms with E-state index >= 15 is 0 Å². The van der Waals surface area contributed by atoms with Gasteiger partial charge in [-0.25, -0.2) is 0 Å². The van der Waals surface area contributed by atoms with Crippen molar-refractivity contribution in [2.45, 2.75) is 57.1 Å². The van der Waals surface area contributed by atoms with Gasteiger partial charge in [-0.05, 0) is 50.7 Å². The number of unbranched alkanes of at least 4 members (excludes halogenated alkanes) is 3. The van der Waals surface area contributed by atoms with Gasteiger partial charge in [0.25, 0.3) is 0 Å². The van der Waals surface area contributed by atoms with Crippen LogP contribution in [0.25, 0.3) is 0 Å². The summed E-state index contributed by atoms with van der Waals surface area (Å²) in [5.41, 5.74) is 0. The van der Waals surface area contributed by atoms with Crippen LogP contribution >= 0.6 is 11.8 Å². The van der Waals surface area contributed by atoms with Crippen LogP contribution in [0.4, 0.5) is 0 Å². The summed E-state index contributed by atoms with van der Waals surface area (Å²) >= 11 is 1.94. The van der Waals surface area contributed by atoms with Gasteiger partial charge in [0.05, 0.1) is 6.10 Å². The van der Waals surface area contributed by atoms with E-state index < -0.39 is 0 Å². The van der Waals surface area contributed by atoms with Gasteiger partial charge in [-0.2, -0.15) is 11.8 Å². The topological polar surface area (TPSA) is 32.3 Å². The van der Waals surface area contributed by atoms with Crippen LogP contribution in [0, 0.1) is 0 Å². The van der Waals surface area contributed by atoms with Crippen LogP contribution in [0.1, 0.15) is 44.9 Å². The van der Waals surface area contributed by atoms with Crippen molar-refractivity contribution in [3.8, 4) is 0 Å². The van der Waals surface area contributed by atoms with Gasteiger partial charge in [0.2, 0.25) is 0 Å². The third kappa shape index (κ3) is 5.79. The molecular weight excluding hydrogens is 206 g/mol. The zero-order valence-electron chi connectivity index (χ0n) is 9.87. The highest BCUT2D eigenvalue weighted by Gasteiger charge is 2.23. The lowest BCUT2D eigenvalue weighted by atomic mass is 10.2. The summed E-state index contributed by atoms with van der Waals surface area (Å²) < 4.78 is 0. The van der Waals surface area contributed by atoms with E-state index in [-0.39, 0.29) is 6.10 Å². The Morgan fingerprint density at radius 1 is 1.20 bits per heavy atom. The molecule has 1 aliphatic rings. The SMILES string of the molecule is CSCCCCCCNC1CCCC1O. The molecule has 15 heavy (non-hydrogen) atoms. The second-order valence-electron chi connectivity index (χ2n) is 4.47. The fourth-order valence-corrected chi connectivity index (χ4v) is 2.68. The Hall–Kier alpha value is 0.270. The molecule has 1 fully saturated rings. The van der Waals surface area contributed by atoms with Crippen molar-refractivity contribution in [2.24, 2.45) is 0 Å². The number of rotatable bonds is 8. The van der Waals surface area contributed by atoms with Gasteiger partial charge in [-0.1, -0.05) is 12.8 Å². The van der Waals surface area contributed by atoms with E-state index in [2.05, 4.69) is 11.6 Å². The minimum Gasteiger partial charge on any atom is -0.392 e. The first-order valence-electron chi connectivity index (χ1n) is 6.25. The molecule has 0 amide bonds. The quantitative estimate of drug-likeness (QED) is 0.629. The van der Waals surface area contributed by atoms with E-state index in [0.29, 0.717) is 6.04 Å². The molecule has 0 spiro atoms. The van der Waals surface area contributed by atoms with Crippen LogP contribution in [0.3, 0.4) is 0 Å². The van der Waals surface area contributed by atoms with E-state index in [1.165, 1.54) is 37.9 Å². The predicted molar refractivity (Wildman–Crippen MR) is 68.5 cm³/mol. The van der Waals surface area contributed by atoms with Crippen LogP contribution in [0.2, 0.25) is 0 Å². The highest BCUT2D eigenvalue weighted by atomic mass is 32.2. The lowest BCUT2D eigenvalue weighted by molar-refractivity contribution is 0.149. The highest BCUT2D eigenvalue weighted by Crippen LogP contribution is 2.18. The molecule has 0 aromatic rings. The summed E-state index contributed by atoms with van der Waals surface area (Å²) in [4.78, 5) is 0. The second kappa shape index (κ2) is 8.43. The highest BCUT2D eigenvalue weighted by molar-refractivity contribution is 7.98. The third-order valence-electron chi connectivity index (χ3n) is 3.16. The Morgan fingerprint density at radius 3 is 2.67 bits per heavy atom. The lowest BCUT2D eigenvalue weighted by Crippen LogP contribution is -2.36. The molecule has 2 nitrogen and oxygen atoms in total. The first-order chi connectivity index (χ1) is 7.34. The van der Waals surface area contributed by atoms with Crippen LogP contribution < -0.4 is 5.32 Å². The Morgan fingerprint density at radius 2 is 2.00 bits per heavy atom. The van der Waals surface area contributed by atoms with Crippen LogP contribution in [-0.4, -0.2) is 35.8 Å². The van der Waals surface area contributed by atoms with Gasteiger partial charge in [-0.3, -0.25) is 0 Å². The maximum absolute atomic E-state index is 9.60. The number of aliphatic hydroxyl groups excluding tert-OH is 1. The fourth-order valence-electron chi connectivity index (χ4n) is 2.19. The Bertz CT molecular complexity index is 155. The summed E-state index contributed by atoms with van der Waals surface area (Å²) in [5.74, 6) is 1.30. The standard InChI is InChI=1S/C12H25NOS/c1-15-10-5-3-2-4-9-13-11-7-6-8-12(11)14/h11-14H,2-10H2,1H3. The maximum atomic E-state index is 9.60. The first-order valence-corrected chi connectivity index (χ1v) is 7.64. The minimum absolute atomic E-state index is 0.0820. The molecule has 1 rings (SSSR count). The molecule has 0 aromatic heterocycles. The van der Waals surface area contributed by atoms with E-state index in [1.807, 2.05) is 11.8 Å². The number of thioether (sulfide) groups is 1. The van der Waals surface area contributed by atoms with E-state index in [4.69, 9.17) is 0 Å². The van der Waals surface area contributed by atoms with Gasteiger partial charge in [0.15, 0.2) is 0 Å². The van der Waals surface area contributed by atoms with Crippen LogP contribution in [0.5, 0.6) is 0 Å². The number of hydrogen-bond donors (Lipinski definition) is 2. The monoisotopic (exact) mass is 231 g/mol. The van der Waals surface area contributed by atoms with Crippen molar-refractivity contribution in [3.63, 3.8) is 0 Å². The van der Waals surface area contributed by atoms with E-state index in [9.17, 15) is 5.11 Å². The molecule has 0 aromatic carbocycles. The van der Waals surface area contributed by atoms with Crippen molar-refractivity contribution in [3.05, 3.63) is 0 Å². The molecule has 0 radical (unpaired) electrons. The lowest BCUT2D eigenvalue weighted by Gasteiger charge is -2.16. The predicted octanol–water partition coefficient (Wildman–Crippen LogP) is 2.41. The number of nitrogens with one attached hydrogen (secondary N) is 1. The molecule has 2 atom stereocenters. The molecule has 90 valence electrons. The zero-order valence-corrected chi connectivity index (χ0v) is 10.7. The average Bonchev–Trinajstić information content (AvgIpc) is 2.63. The van der Waals surface area contributed by atoms with Gasteiger partial charge in [0, 0.05) is 6.04 Å². The van der Waals surface area contributed by atoms with Gasteiger partial charge in [-0.15, -0.1) is 0 Å². The zero-order chi connectivity index (χ0) is 10.9. The molecule has 0 heterocycles. The maximum Gasteiger partial charge on any atom is 0.0693 e. The van der Waals surface area contributed by atoms with Crippen LogP contribution in [-0.2, 0) is 0 Å². The third-order valence-corrected chi connectivity index (χ3v) is 3.86. The van der Waals surface area contributed by atoms with Crippen molar-refractivity contribution in [2.75, 3.05) is 18.6 Å². The minimum atomic E-state index is -0.0820. The molecular formula is C12H25NOS. The Kier molecular flexibility index (Phi) is 7.49. The molecule has 3 heteroatoms. The van der Waals surface area contributed by atoms with E-state index in [1.54, 1.807) is 0 Å². The molecule has 2 N–H and O–H groups in total. The first kappa shape index (κ1) is 13.3. The summed E-state index contributed by atoms with van der Waals surface area (Å²) in [6.07, 6.45) is 10.7. The summed E-state index contributed by atoms with van der Waals surface area (Å²) in [5, 5.41) is 13.1. The molecule has 1 saturated carbocycles. The smallest absolute Gasteiger partial charge is 0.0693 e. The molecule has 1 aliphatic carbocycles. The largest absolute Gasteiger partial charge is 0.392 e. The van der Waals surface area contributed by atoms with Crippen molar-refractivity contribution >= 4 is 11.8 Å². The van der Waals surface area contributed by atoms with Crippen molar-refractivity contribution < 1.29 is 5.11 Å². The van der Waals surface area contributed by atoms with Crippen LogP contribution in [0.15, 0.2) is 0 Å². The Labute approximate surface area is 98.2 Å². The molecule has 0 saturated heterocycles. The normalized spacial score (nSPS) is 26.0. The number of aliphatic hydroxyl groups is 1. The summed E-state index contributed by atoms with van der Waals surface area (Å²) in [7, 11) is 0. The second-order valence-corrected chi connectivity index (χ2v) is 5.45. The molecule has 0 bridgehead atoms. The van der Waals surface area contributed by atoms with Gasteiger partial charge >= 0.3 is 0 Å². The Balaban J connectivity index is 1.84. The summed E-state index contributed by atoms with van der Waals surface area (Å²) in [6.45, 7) is 1.08. The molecule has 0 aliphatic heterocycles. The fraction of sp³-hybridized carbons (Fsp3) is 1.00. The summed E-state index contributed by atoms with van der Waals surface area (Å²) in [6, 6.07) is 0.385. The number of hydrogen-bond acceptors (Lipinski definition) is 3.